The monoisotopic (exact) mass is 325 g/mol. The van der Waals surface area contributed by atoms with E-state index in [-0.39, 0.29) is 16.3 Å². The molecule has 0 saturated heterocycles. The number of sulfonamides is 1. The van der Waals surface area contributed by atoms with Crippen molar-refractivity contribution < 1.29 is 13.3 Å². The third-order valence-electron chi connectivity index (χ3n) is 2.73. The van der Waals surface area contributed by atoms with Crippen molar-refractivity contribution in [1.29, 1.82) is 0 Å². The number of hydrogen-bond donors (Lipinski definition) is 0. The summed E-state index contributed by atoms with van der Waals surface area (Å²) in [6.07, 6.45) is 0. The summed E-state index contributed by atoms with van der Waals surface area (Å²) in [7, 11) is -3.94. The Morgan fingerprint density at radius 1 is 1.14 bits per heavy atom. The van der Waals surface area contributed by atoms with Gasteiger partial charge >= 0.3 is 0 Å². The van der Waals surface area contributed by atoms with Crippen molar-refractivity contribution >= 4 is 33.0 Å². The first kappa shape index (κ1) is 15.3. The van der Waals surface area contributed by atoms with Gasteiger partial charge in [0.2, 0.25) is 0 Å². The van der Waals surface area contributed by atoms with Gasteiger partial charge in [0, 0.05) is 17.2 Å². The molecule has 21 heavy (non-hydrogen) atoms. The van der Waals surface area contributed by atoms with Crippen LogP contribution in [0.3, 0.4) is 0 Å². The molecule has 0 saturated carbocycles. The SMILES string of the molecule is Cc1ccc([N-]S(=O)(=O)c2ccc([N+](=O)[O-])cc2)cc1Cl. The van der Waals surface area contributed by atoms with E-state index in [1.54, 1.807) is 13.0 Å². The van der Waals surface area contributed by atoms with E-state index in [4.69, 9.17) is 11.6 Å². The fraction of sp³-hybridized carbons (Fsp3) is 0.0769. The van der Waals surface area contributed by atoms with Gasteiger partial charge in [-0.05, 0) is 24.6 Å². The second-order valence-corrected chi connectivity index (χ2v) is 6.26. The van der Waals surface area contributed by atoms with E-state index >= 15 is 0 Å². The topological polar surface area (TPSA) is 91.4 Å². The first-order valence-corrected chi connectivity index (χ1v) is 7.60. The first-order valence-electron chi connectivity index (χ1n) is 5.78. The fourth-order valence-electron chi connectivity index (χ4n) is 1.57. The van der Waals surface area contributed by atoms with Crippen LogP contribution in [0.5, 0.6) is 0 Å². The Kier molecular flexibility index (Phi) is 4.15. The molecule has 0 fully saturated rings. The summed E-state index contributed by atoms with van der Waals surface area (Å²) in [6, 6.07) is 9.16. The Balaban J connectivity index is 2.29. The zero-order valence-corrected chi connectivity index (χ0v) is 12.4. The highest BCUT2D eigenvalue weighted by molar-refractivity contribution is 7.94. The minimum Gasteiger partial charge on any atom is -0.573 e. The van der Waals surface area contributed by atoms with Crippen molar-refractivity contribution in [2.45, 2.75) is 11.8 Å². The van der Waals surface area contributed by atoms with Gasteiger partial charge in [-0.2, -0.15) is 0 Å². The molecule has 0 atom stereocenters. The van der Waals surface area contributed by atoms with Gasteiger partial charge in [-0.15, -0.1) is 5.69 Å². The average molecular weight is 326 g/mol. The lowest BCUT2D eigenvalue weighted by Crippen LogP contribution is -1.98. The number of rotatable bonds is 4. The molecule has 2 aromatic rings. The molecule has 0 aliphatic carbocycles. The molecular weight excluding hydrogens is 316 g/mol. The molecule has 2 rings (SSSR count). The Bertz CT molecular complexity index is 788. The largest absolute Gasteiger partial charge is 0.573 e. The normalized spacial score (nSPS) is 11.1. The van der Waals surface area contributed by atoms with Crippen molar-refractivity contribution in [3.05, 3.63) is 67.9 Å². The fourth-order valence-corrected chi connectivity index (χ4v) is 2.72. The zero-order chi connectivity index (χ0) is 15.6. The van der Waals surface area contributed by atoms with Gasteiger partial charge in [-0.1, -0.05) is 29.8 Å². The smallest absolute Gasteiger partial charge is 0.269 e. The van der Waals surface area contributed by atoms with Crippen LogP contribution in [0.4, 0.5) is 11.4 Å². The van der Waals surface area contributed by atoms with Crippen molar-refractivity contribution in [3.63, 3.8) is 0 Å². The van der Waals surface area contributed by atoms with E-state index in [0.29, 0.717) is 5.02 Å². The highest BCUT2D eigenvalue weighted by atomic mass is 35.5. The standard InChI is InChI=1S/C13H10ClN2O4S/c1-9-2-3-10(8-13(9)14)15-21(19,20)12-6-4-11(5-7-12)16(17)18/h2-8H,1H3/q-1. The van der Waals surface area contributed by atoms with Crippen LogP contribution in [0.15, 0.2) is 47.4 Å². The summed E-state index contributed by atoms with van der Waals surface area (Å²) < 4.78 is 27.9. The third kappa shape index (κ3) is 3.50. The Morgan fingerprint density at radius 2 is 1.76 bits per heavy atom. The number of nitro benzene ring substituents is 1. The molecule has 0 aliphatic rings. The van der Waals surface area contributed by atoms with E-state index in [9.17, 15) is 18.5 Å². The number of hydrogen-bond acceptors (Lipinski definition) is 4. The van der Waals surface area contributed by atoms with Gasteiger partial charge in [0.15, 0.2) is 0 Å². The zero-order valence-electron chi connectivity index (χ0n) is 10.9. The second-order valence-electron chi connectivity index (χ2n) is 4.25. The Hall–Kier alpha value is -2.12. The van der Waals surface area contributed by atoms with Crippen LogP contribution in [0, 0.1) is 17.0 Å². The van der Waals surface area contributed by atoms with E-state index < -0.39 is 14.9 Å². The second kappa shape index (κ2) is 5.71. The van der Waals surface area contributed by atoms with Gasteiger partial charge < -0.3 is 4.72 Å². The van der Waals surface area contributed by atoms with Gasteiger partial charge in [0.1, 0.15) is 10.0 Å². The van der Waals surface area contributed by atoms with Crippen LogP contribution in [0.1, 0.15) is 5.56 Å². The molecule has 0 unspecified atom stereocenters. The number of benzene rings is 2. The van der Waals surface area contributed by atoms with Crippen molar-refractivity contribution in [3.8, 4) is 0 Å². The lowest BCUT2D eigenvalue weighted by Gasteiger charge is -2.22. The van der Waals surface area contributed by atoms with E-state index in [1.807, 2.05) is 0 Å². The van der Waals surface area contributed by atoms with Gasteiger partial charge in [-0.25, -0.2) is 8.42 Å². The maximum Gasteiger partial charge on any atom is 0.269 e. The van der Waals surface area contributed by atoms with Gasteiger partial charge in [0.05, 0.1) is 9.82 Å². The molecule has 6 nitrogen and oxygen atoms in total. The number of nitro groups is 1. The Morgan fingerprint density at radius 3 is 2.29 bits per heavy atom. The maximum absolute atomic E-state index is 12.1. The average Bonchev–Trinajstić information content (AvgIpc) is 2.43. The molecule has 0 N–H and O–H groups in total. The molecule has 0 heterocycles. The Labute approximate surface area is 126 Å². The molecule has 0 aromatic heterocycles. The summed E-state index contributed by atoms with van der Waals surface area (Å²) >= 11 is 5.91. The molecule has 2 aromatic carbocycles. The quantitative estimate of drug-likeness (QED) is 0.628. The van der Waals surface area contributed by atoms with Crippen LogP contribution >= 0.6 is 11.6 Å². The summed E-state index contributed by atoms with van der Waals surface area (Å²) in [5, 5.41) is 11.0. The molecule has 8 heteroatoms. The van der Waals surface area contributed by atoms with Crippen molar-refractivity contribution in [2.75, 3.05) is 0 Å². The van der Waals surface area contributed by atoms with Crippen LogP contribution in [0.2, 0.25) is 5.02 Å². The van der Waals surface area contributed by atoms with E-state index in [2.05, 4.69) is 4.72 Å². The maximum atomic E-state index is 12.1. The van der Waals surface area contributed by atoms with E-state index in [1.165, 1.54) is 12.1 Å². The highest BCUT2D eigenvalue weighted by Gasteiger charge is 2.09. The minimum absolute atomic E-state index is 0.121. The van der Waals surface area contributed by atoms with Crippen LogP contribution in [-0.2, 0) is 10.0 Å². The van der Waals surface area contributed by atoms with Crippen LogP contribution in [-0.4, -0.2) is 13.3 Å². The number of nitrogens with zero attached hydrogens (tertiary/aromatic N) is 2. The van der Waals surface area contributed by atoms with Gasteiger partial charge in [0.25, 0.3) is 5.69 Å². The van der Waals surface area contributed by atoms with Crippen molar-refractivity contribution in [2.24, 2.45) is 0 Å². The summed E-state index contributed by atoms with van der Waals surface area (Å²) in [5.74, 6) is 0. The molecule has 0 amide bonds. The highest BCUT2D eigenvalue weighted by Crippen LogP contribution is 2.31. The lowest BCUT2D eigenvalue weighted by atomic mass is 10.2. The van der Waals surface area contributed by atoms with Crippen molar-refractivity contribution in [1.82, 2.24) is 0 Å². The molecule has 110 valence electrons. The third-order valence-corrected chi connectivity index (χ3v) is 4.45. The van der Waals surface area contributed by atoms with E-state index in [0.717, 1.165) is 29.8 Å². The molecule has 0 radical (unpaired) electrons. The van der Waals surface area contributed by atoms with Crippen LogP contribution < -0.4 is 0 Å². The minimum atomic E-state index is -3.94. The molecule has 0 bridgehead atoms. The lowest BCUT2D eigenvalue weighted by molar-refractivity contribution is -0.384. The molecule has 0 spiro atoms. The number of non-ortho nitro benzene ring substituents is 1. The number of aryl methyl sites for hydroxylation is 1. The number of halogens is 1. The summed E-state index contributed by atoms with van der Waals surface area (Å²) in [5.41, 5.74) is 0.819. The first-order chi connectivity index (χ1) is 9.79. The summed E-state index contributed by atoms with van der Waals surface area (Å²) in [4.78, 5) is 9.82. The van der Waals surface area contributed by atoms with Crippen LogP contribution in [0.25, 0.3) is 4.72 Å². The predicted octanol–water partition coefficient (Wildman–Crippen LogP) is 3.95. The predicted molar refractivity (Wildman–Crippen MR) is 79.5 cm³/mol. The molecule has 0 aliphatic heterocycles. The molecular formula is C13H10ClN2O4S-. The summed E-state index contributed by atoms with van der Waals surface area (Å²) in [6.45, 7) is 1.79. The van der Waals surface area contributed by atoms with Gasteiger partial charge in [-0.3, -0.25) is 10.1 Å².